The number of benzene rings is 1. The van der Waals surface area contributed by atoms with E-state index in [1.807, 2.05) is 13.0 Å². The number of amides is 3. The molecule has 8 heteroatoms. The van der Waals surface area contributed by atoms with Crippen molar-refractivity contribution in [2.45, 2.75) is 32.7 Å². The molecule has 0 saturated carbocycles. The van der Waals surface area contributed by atoms with E-state index in [1.165, 1.54) is 18.5 Å². The molecule has 1 aliphatic rings. The van der Waals surface area contributed by atoms with Crippen LogP contribution in [0.1, 0.15) is 47.3 Å². The Hall–Kier alpha value is -3.42. The molecule has 1 aliphatic heterocycles. The lowest BCUT2D eigenvalue weighted by Gasteiger charge is -2.38. The van der Waals surface area contributed by atoms with Crippen LogP contribution in [0.2, 0.25) is 0 Å². The molecule has 1 aromatic heterocycles. The topological polar surface area (TPSA) is 126 Å². The number of piperidine rings is 1. The average Bonchev–Trinajstić information content (AvgIpc) is 2.69. The zero-order valence-corrected chi connectivity index (χ0v) is 16.4. The van der Waals surface area contributed by atoms with Crippen LogP contribution in [0.4, 0.5) is 5.69 Å². The Morgan fingerprint density at radius 1 is 1.21 bits per heavy atom. The van der Waals surface area contributed by atoms with Crippen molar-refractivity contribution in [3.8, 4) is 5.75 Å². The van der Waals surface area contributed by atoms with E-state index in [1.54, 1.807) is 24.0 Å². The predicted molar refractivity (Wildman–Crippen MR) is 107 cm³/mol. The van der Waals surface area contributed by atoms with Gasteiger partial charge in [0.1, 0.15) is 5.75 Å². The Morgan fingerprint density at radius 2 is 1.97 bits per heavy atom. The third-order valence-electron chi connectivity index (χ3n) is 5.16. The molecule has 0 aliphatic carbocycles. The maximum Gasteiger partial charge on any atom is 0.313 e. The Labute approximate surface area is 168 Å². The molecule has 4 N–H and O–H groups in total. The Kier molecular flexibility index (Phi) is 5.81. The van der Waals surface area contributed by atoms with Gasteiger partial charge in [0.2, 0.25) is 5.91 Å². The lowest BCUT2D eigenvalue weighted by Crippen LogP contribution is -2.46. The predicted octanol–water partition coefficient (Wildman–Crippen LogP) is 2.13. The third-order valence-corrected chi connectivity index (χ3v) is 5.16. The fraction of sp³-hybridized carbons (Fsp3) is 0.333. The van der Waals surface area contributed by atoms with Crippen molar-refractivity contribution in [2.75, 3.05) is 11.9 Å². The number of phenols is 1. The van der Waals surface area contributed by atoms with E-state index in [4.69, 9.17) is 5.73 Å². The Bertz CT molecular complexity index is 959. The van der Waals surface area contributed by atoms with E-state index >= 15 is 0 Å². The summed E-state index contributed by atoms with van der Waals surface area (Å²) in [4.78, 5) is 42.3. The normalized spacial score (nSPS) is 18.9. The number of nitrogens with zero attached hydrogens (tertiary/aromatic N) is 2. The number of likely N-dealkylation sites (tertiary alicyclic amines) is 1. The highest BCUT2D eigenvalue weighted by Crippen LogP contribution is 2.35. The molecule has 0 bridgehead atoms. The monoisotopic (exact) mass is 396 g/mol. The van der Waals surface area contributed by atoms with Crippen molar-refractivity contribution in [3.63, 3.8) is 0 Å². The highest BCUT2D eigenvalue weighted by atomic mass is 16.3. The number of aromatic nitrogens is 1. The standard InChI is InChI=1S/C21H24N4O4/c1-12-3-5-17(14-4-6-18(26)13(2)7-14)25(11-12)21(29)20(28)24-16-8-15(19(22)27)9-23-10-16/h4,6-10,12,17,26H,3,5,11H2,1-2H3,(H2,22,27)(H,24,28)/t12-,17+/m0/s1. The summed E-state index contributed by atoms with van der Waals surface area (Å²) >= 11 is 0. The largest absolute Gasteiger partial charge is 0.508 e. The Balaban J connectivity index is 1.81. The smallest absolute Gasteiger partial charge is 0.313 e. The molecule has 0 unspecified atom stereocenters. The van der Waals surface area contributed by atoms with Gasteiger partial charge in [-0.3, -0.25) is 19.4 Å². The number of nitrogens with one attached hydrogen (secondary N) is 1. The summed E-state index contributed by atoms with van der Waals surface area (Å²) in [6.45, 7) is 4.29. The third kappa shape index (κ3) is 4.53. The first kappa shape index (κ1) is 20.3. The number of aryl methyl sites for hydroxylation is 1. The van der Waals surface area contributed by atoms with Crippen molar-refractivity contribution in [1.29, 1.82) is 0 Å². The molecular formula is C21H24N4O4. The molecule has 2 heterocycles. The minimum absolute atomic E-state index is 0.138. The van der Waals surface area contributed by atoms with E-state index in [0.717, 1.165) is 18.4 Å². The van der Waals surface area contributed by atoms with Crippen molar-refractivity contribution in [2.24, 2.45) is 11.7 Å². The van der Waals surface area contributed by atoms with Gasteiger partial charge in [0.05, 0.1) is 23.5 Å². The van der Waals surface area contributed by atoms with Gasteiger partial charge in [-0.1, -0.05) is 19.1 Å². The summed E-state index contributed by atoms with van der Waals surface area (Å²) in [7, 11) is 0. The first-order chi connectivity index (χ1) is 13.8. The van der Waals surface area contributed by atoms with Crippen LogP contribution < -0.4 is 11.1 Å². The second-order valence-corrected chi connectivity index (χ2v) is 7.48. The number of phenolic OH excluding ortho intramolecular Hbond substituents is 1. The lowest BCUT2D eigenvalue weighted by atomic mass is 9.89. The number of aromatic hydroxyl groups is 1. The molecule has 29 heavy (non-hydrogen) atoms. The maximum absolute atomic E-state index is 13.0. The van der Waals surface area contributed by atoms with E-state index < -0.39 is 17.7 Å². The molecular weight excluding hydrogens is 372 g/mol. The van der Waals surface area contributed by atoms with Gasteiger partial charge in [0.15, 0.2) is 0 Å². The summed E-state index contributed by atoms with van der Waals surface area (Å²) < 4.78 is 0. The summed E-state index contributed by atoms with van der Waals surface area (Å²) in [5, 5.41) is 12.3. The number of carbonyl (C=O) groups is 3. The quantitative estimate of drug-likeness (QED) is 0.685. The van der Waals surface area contributed by atoms with Gasteiger partial charge in [-0.25, -0.2) is 0 Å². The summed E-state index contributed by atoms with van der Waals surface area (Å²) in [5.74, 6) is -1.68. The van der Waals surface area contributed by atoms with Gasteiger partial charge < -0.3 is 21.1 Å². The molecule has 3 rings (SSSR count). The number of anilines is 1. The second kappa shape index (κ2) is 8.30. The van der Waals surface area contributed by atoms with Crippen LogP contribution in [-0.4, -0.2) is 39.3 Å². The number of hydrogen-bond acceptors (Lipinski definition) is 5. The number of primary amides is 1. The fourth-order valence-electron chi connectivity index (χ4n) is 3.57. The molecule has 1 fully saturated rings. The SMILES string of the molecule is Cc1cc([C@H]2CC[C@H](C)CN2C(=O)C(=O)Nc2cncc(C(N)=O)c2)ccc1O. The number of rotatable bonds is 3. The van der Waals surface area contributed by atoms with Crippen LogP contribution in [0.3, 0.4) is 0 Å². The molecule has 2 atom stereocenters. The molecule has 3 amide bonds. The van der Waals surface area contributed by atoms with Gasteiger partial charge >= 0.3 is 11.8 Å². The van der Waals surface area contributed by atoms with Crippen LogP contribution >= 0.6 is 0 Å². The van der Waals surface area contributed by atoms with Gasteiger partial charge in [0, 0.05) is 12.7 Å². The van der Waals surface area contributed by atoms with Crippen LogP contribution in [0.25, 0.3) is 0 Å². The van der Waals surface area contributed by atoms with Crippen molar-refractivity contribution in [1.82, 2.24) is 9.88 Å². The van der Waals surface area contributed by atoms with Crippen LogP contribution in [-0.2, 0) is 9.59 Å². The van der Waals surface area contributed by atoms with Gasteiger partial charge in [-0.15, -0.1) is 0 Å². The minimum atomic E-state index is -0.803. The zero-order chi connectivity index (χ0) is 21.1. The van der Waals surface area contributed by atoms with Gasteiger partial charge in [-0.05, 0) is 48.9 Å². The summed E-state index contributed by atoms with van der Waals surface area (Å²) in [5.41, 5.74) is 7.18. The van der Waals surface area contributed by atoms with E-state index in [9.17, 15) is 19.5 Å². The summed E-state index contributed by atoms with van der Waals surface area (Å²) in [6.07, 6.45) is 4.29. The average molecular weight is 396 g/mol. The minimum Gasteiger partial charge on any atom is -0.508 e. The van der Waals surface area contributed by atoms with Crippen LogP contribution in [0, 0.1) is 12.8 Å². The van der Waals surface area contributed by atoms with Crippen molar-refractivity contribution >= 4 is 23.4 Å². The van der Waals surface area contributed by atoms with Gasteiger partial charge in [0.25, 0.3) is 0 Å². The summed E-state index contributed by atoms with van der Waals surface area (Å²) in [6, 6.07) is 6.35. The van der Waals surface area contributed by atoms with Gasteiger partial charge in [-0.2, -0.15) is 0 Å². The second-order valence-electron chi connectivity index (χ2n) is 7.48. The molecule has 0 spiro atoms. The molecule has 8 nitrogen and oxygen atoms in total. The Morgan fingerprint density at radius 3 is 2.66 bits per heavy atom. The van der Waals surface area contributed by atoms with Crippen molar-refractivity contribution in [3.05, 3.63) is 53.3 Å². The number of pyridine rings is 1. The fourth-order valence-corrected chi connectivity index (χ4v) is 3.57. The van der Waals surface area contributed by atoms with E-state index in [-0.39, 0.29) is 29.0 Å². The number of carbonyl (C=O) groups excluding carboxylic acids is 3. The van der Waals surface area contributed by atoms with E-state index in [2.05, 4.69) is 10.3 Å². The maximum atomic E-state index is 13.0. The van der Waals surface area contributed by atoms with E-state index in [0.29, 0.717) is 12.1 Å². The van der Waals surface area contributed by atoms with Crippen molar-refractivity contribution < 1.29 is 19.5 Å². The first-order valence-corrected chi connectivity index (χ1v) is 9.42. The molecule has 0 radical (unpaired) electrons. The number of nitrogens with two attached hydrogens (primary N) is 1. The van der Waals surface area contributed by atoms with Crippen LogP contribution in [0.15, 0.2) is 36.7 Å². The molecule has 1 saturated heterocycles. The zero-order valence-electron chi connectivity index (χ0n) is 16.4. The lowest BCUT2D eigenvalue weighted by molar-refractivity contribution is -0.146. The molecule has 1 aromatic carbocycles. The highest BCUT2D eigenvalue weighted by Gasteiger charge is 2.34. The molecule has 152 valence electrons. The highest BCUT2D eigenvalue weighted by molar-refractivity contribution is 6.39. The first-order valence-electron chi connectivity index (χ1n) is 9.42. The van der Waals surface area contributed by atoms with Crippen LogP contribution in [0.5, 0.6) is 5.75 Å². The molecule has 2 aromatic rings. The number of hydrogen-bond donors (Lipinski definition) is 3.